The van der Waals surface area contributed by atoms with Crippen LogP contribution < -0.4 is 49.5 Å². The first-order valence-corrected chi connectivity index (χ1v) is 16.3. The van der Waals surface area contributed by atoms with Crippen LogP contribution in [0.1, 0.15) is 58.9 Å². The van der Waals surface area contributed by atoms with E-state index < -0.39 is 109 Å². The summed E-state index contributed by atoms with van der Waals surface area (Å²) >= 11 is 0. The van der Waals surface area contributed by atoms with Gasteiger partial charge in [0.2, 0.25) is 47.3 Å². The Morgan fingerprint density at radius 1 is 0.667 bits per heavy atom. The number of benzene rings is 1. The van der Waals surface area contributed by atoms with Crippen LogP contribution in [-0.4, -0.2) is 100 Å². The molecule has 0 aliphatic rings. The van der Waals surface area contributed by atoms with Crippen molar-refractivity contribution in [2.24, 2.45) is 34.8 Å². The Hall–Kier alpha value is -5.30. The van der Waals surface area contributed by atoms with E-state index in [0.29, 0.717) is 12.0 Å². The van der Waals surface area contributed by atoms with E-state index in [9.17, 15) is 48.6 Å². The largest absolute Gasteiger partial charge is 0.508 e. The number of phenolic OH excluding ortho intramolecular Hbond substituents is 1. The standard InChI is InChI=1S/C32H51N9O10/c1-5-16(4)26(32(51)37-20(27(36)46)12-24(34)44)41-31(50)23(14-42)40-30(49)22(13-25(35)45)39-29(48)21(10-15(2)3)38-28(47)19(33)11-17-6-8-18(43)9-7-17/h6-9,15-16,19-23,26,42-43H,5,10-14,33H2,1-4H3,(H2,34,44)(H2,35,45)(H2,36,46)(H,37,51)(H,38,47)(H,39,48)(H,40,49)(H,41,50)/t16-,19-,20-,21-,22-,23-,26-/m0/s1. The first-order chi connectivity index (χ1) is 23.8. The van der Waals surface area contributed by atoms with E-state index in [-0.39, 0.29) is 24.5 Å². The van der Waals surface area contributed by atoms with Crippen LogP contribution >= 0.6 is 0 Å². The molecule has 0 fully saturated rings. The number of hydrogen-bond acceptors (Lipinski definition) is 11. The molecule has 0 aliphatic carbocycles. The Morgan fingerprint density at radius 3 is 1.63 bits per heavy atom. The van der Waals surface area contributed by atoms with E-state index in [1.165, 1.54) is 12.1 Å². The highest BCUT2D eigenvalue weighted by Crippen LogP contribution is 2.13. The van der Waals surface area contributed by atoms with E-state index >= 15 is 0 Å². The van der Waals surface area contributed by atoms with Gasteiger partial charge in [-0.1, -0.05) is 46.2 Å². The third-order valence-electron chi connectivity index (χ3n) is 7.78. The van der Waals surface area contributed by atoms with E-state index in [1.54, 1.807) is 39.8 Å². The number of amides is 8. The van der Waals surface area contributed by atoms with Gasteiger partial charge in [-0.25, -0.2) is 0 Å². The molecule has 19 heteroatoms. The topological polar surface area (TPSA) is 341 Å². The van der Waals surface area contributed by atoms with Gasteiger partial charge in [-0.3, -0.25) is 38.4 Å². The Kier molecular flexibility index (Phi) is 18.0. The van der Waals surface area contributed by atoms with Crippen molar-refractivity contribution in [3.63, 3.8) is 0 Å². The first-order valence-electron chi connectivity index (χ1n) is 16.3. The quantitative estimate of drug-likeness (QED) is 0.0548. The van der Waals surface area contributed by atoms with Gasteiger partial charge >= 0.3 is 0 Å². The molecule has 19 nitrogen and oxygen atoms in total. The van der Waals surface area contributed by atoms with Crippen LogP contribution in [0.4, 0.5) is 0 Å². The Labute approximate surface area is 295 Å². The summed E-state index contributed by atoms with van der Waals surface area (Å²) in [5.41, 5.74) is 22.4. The minimum absolute atomic E-state index is 0.0297. The molecule has 1 rings (SSSR count). The van der Waals surface area contributed by atoms with Crippen LogP contribution in [0.25, 0.3) is 0 Å². The minimum Gasteiger partial charge on any atom is -0.508 e. The molecule has 1 aromatic rings. The van der Waals surface area contributed by atoms with Gasteiger partial charge in [-0.05, 0) is 42.4 Å². The van der Waals surface area contributed by atoms with Crippen LogP contribution in [0.2, 0.25) is 0 Å². The fraction of sp³-hybridized carbons (Fsp3) is 0.562. The molecular weight excluding hydrogens is 670 g/mol. The fourth-order valence-corrected chi connectivity index (χ4v) is 4.75. The number of rotatable bonds is 22. The highest BCUT2D eigenvalue weighted by Gasteiger charge is 2.34. The van der Waals surface area contributed by atoms with Gasteiger partial charge in [-0.15, -0.1) is 0 Å². The van der Waals surface area contributed by atoms with Gasteiger partial charge in [0.05, 0.1) is 25.5 Å². The number of carbonyl (C=O) groups is 8. The molecule has 0 aliphatic heterocycles. The van der Waals surface area contributed by atoms with Crippen molar-refractivity contribution in [1.82, 2.24) is 26.6 Å². The monoisotopic (exact) mass is 721 g/mol. The van der Waals surface area contributed by atoms with E-state index in [0.717, 1.165) is 0 Å². The van der Waals surface area contributed by atoms with Gasteiger partial charge in [-0.2, -0.15) is 0 Å². The molecule has 0 bridgehead atoms. The van der Waals surface area contributed by atoms with Crippen LogP contribution in [0.3, 0.4) is 0 Å². The molecule has 1 aromatic carbocycles. The first kappa shape index (κ1) is 43.7. The zero-order chi connectivity index (χ0) is 39.0. The number of phenols is 1. The van der Waals surface area contributed by atoms with Crippen molar-refractivity contribution in [2.75, 3.05) is 6.61 Å². The normalized spacial score (nSPS) is 15.1. The lowest BCUT2D eigenvalue weighted by molar-refractivity contribution is -0.137. The van der Waals surface area contributed by atoms with Crippen molar-refractivity contribution < 1.29 is 48.6 Å². The number of aliphatic hydroxyl groups is 1. The summed E-state index contributed by atoms with van der Waals surface area (Å²) in [6.45, 7) is 5.86. The number of aliphatic hydroxyl groups excluding tert-OH is 1. The third kappa shape index (κ3) is 15.4. The lowest BCUT2D eigenvalue weighted by Gasteiger charge is -2.28. The second kappa shape index (κ2) is 21.0. The van der Waals surface area contributed by atoms with Crippen molar-refractivity contribution in [2.45, 2.75) is 96.1 Å². The molecule has 8 amide bonds. The summed E-state index contributed by atoms with van der Waals surface area (Å²) < 4.78 is 0. The van der Waals surface area contributed by atoms with Crippen LogP contribution in [-0.2, 0) is 44.8 Å². The summed E-state index contributed by atoms with van der Waals surface area (Å²) in [4.78, 5) is 101. The molecule has 284 valence electrons. The Morgan fingerprint density at radius 2 is 1.14 bits per heavy atom. The number of primary amides is 3. The molecule has 0 aromatic heterocycles. The number of nitrogens with two attached hydrogens (primary N) is 4. The molecule has 0 saturated heterocycles. The van der Waals surface area contributed by atoms with Crippen molar-refractivity contribution >= 4 is 47.3 Å². The zero-order valence-corrected chi connectivity index (χ0v) is 29.1. The summed E-state index contributed by atoms with van der Waals surface area (Å²) in [6.07, 6.45) is -0.803. The van der Waals surface area contributed by atoms with Crippen LogP contribution in [0.5, 0.6) is 5.75 Å². The highest BCUT2D eigenvalue weighted by molar-refractivity contribution is 5.98. The Balaban J connectivity index is 3.12. The van der Waals surface area contributed by atoms with Gasteiger partial charge in [0.15, 0.2) is 0 Å². The second-order valence-electron chi connectivity index (χ2n) is 12.6. The predicted molar refractivity (Wildman–Crippen MR) is 182 cm³/mol. The summed E-state index contributed by atoms with van der Waals surface area (Å²) in [5, 5.41) is 31.2. The molecule has 7 atom stereocenters. The highest BCUT2D eigenvalue weighted by atomic mass is 16.3. The fourth-order valence-electron chi connectivity index (χ4n) is 4.75. The zero-order valence-electron chi connectivity index (χ0n) is 29.1. The summed E-state index contributed by atoms with van der Waals surface area (Å²) in [6, 6.07) is -2.43. The second-order valence-corrected chi connectivity index (χ2v) is 12.6. The summed E-state index contributed by atoms with van der Waals surface area (Å²) in [7, 11) is 0. The molecule has 15 N–H and O–H groups in total. The van der Waals surface area contributed by atoms with Gasteiger partial charge < -0.3 is 59.7 Å². The minimum atomic E-state index is -1.70. The maximum absolute atomic E-state index is 13.4. The average molecular weight is 722 g/mol. The van der Waals surface area contributed by atoms with E-state index in [4.69, 9.17) is 22.9 Å². The summed E-state index contributed by atoms with van der Waals surface area (Å²) in [5.74, 6) is -8.24. The van der Waals surface area contributed by atoms with Gasteiger partial charge in [0.1, 0.15) is 36.0 Å². The number of nitrogens with one attached hydrogen (secondary N) is 5. The number of aromatic hydroxyl groups is 1. The number of hydrogen-bond donors (Lipinski definition) is 11. The number of carbonyl (C=O) groups excluding carboxylic acids is 8. The van der Waals surface area contributed by atoms with Crippen molar-refractivity contribution in [3.05, 3.63) is 29.8 Å². The molecule has 0 saturated carbocycles. The van der Waals surface area contributed by atoms with Crippen molar-refractivity contribution in [3.8, 4) is 5.75 Å². The SMILES string of the molecule is CC[C@H](C)[C@H](NC(=O)[C@H](CO)NC(=O)[C@H](CC(N)=O)NC(=O)[C@H](CC(C)C)NC(=O)[C@@H](N)Cc1ccc(O)cc1)C(=O)N[C@@H](CC(N)=O)C(N)=O. The Bertz CT molecular complexity index is 1410. The van der Waals surface area contributed by atoms with Crippen LogP contribution in [0, 0.1) is 11.8 Å². The third-order valence-corrected chi connectivity index (χ3v) is 7.78. The molecule has 0 spiro atoms. The van der Waals surface area contributed by atoms with Crippen LogP contribution in [0.15, 0.2) is 24.3 Å². The maximum Gasteiger partial charge on any atom is 0.245 e. The molecular formula is C32H51N9O10. The predicted octanol–water partition coefficient (Wildman–Crippen LogP) is -3.99. The van der Waals surface area contributed by atoms with Gasteiger partial charge in [0, 0.05) is 0 Å². The van der Waals surface area contributed by atoms with Crippen molar-refractivity contribution in [1.29, 1.82) is 0 Å². The van der Waals surface area contributed by atoms with Gasteiger partial charge in [0.25, 0.3) is 0 Å². The molecule has 51 heavy (non-hydrogen) atoms. The molecule has 0 unspecified atom stereocenters. The molecule has 0 radical (unpaired) electrons. The lowest BCUT2D eigenvalue weighted by Crippen LogP contribution is -2.61. The van der Waals surface area contributed by atoms with E-state index in [2.05, 4.69) is 26.6 Å². The smallest absolute Gasteiger partial charge is 0.245 e. The molecule has 0 heterocycles. The lowest BCUT2D eigenvalue weighted by atomic mass is 9.97. The average Bonchev–Trinajstić information content (AvgIpc) is 3.04. The maximum atomic E-state index is 13.4. The van der Waals surface area contributed by atoms with E-state index in [1.807, 2.05) is 0 Å².